The van der Waals surface area contributed by atoms with Gasteiger partial charge in [0.05, 0.1) is 6.21 Å². The van der Waals surface area contributed by atoms with Crippen LogP contribution >= 0.6 is 12.2 Å². The minimum atomic E-state index is -0.0870. The summed E-state index contributed by atoms with van der Waals surface area (Å²) in [5.74, 6) is -0.0870. The van der Waals surface area contributed by atoms with Gasteiger partial charge in [0.15, 0.2) is 5.11 Å². The molecule has 7 heteroatoms. The third kappa shape index (κ3) is 6.01. The molecule has 0 atom stereocenters. The van der Waals surface area contributed by atoms with E-state index in [0.29, 0.717) is 5.56 Å². The molecule has 0 radical (unpaired) electrons. The van der Waals surface area contributed by atoms with Gasteiger partial charge in [0, 0.05) is 0 Å². The van der Waals surface area contributed by atoms with Gasteiger partial charge in [-0.25, -0.2) is 0 Å². The summed E-state index contributed by atoms with van der Waals surface area (Å²) in [5.41, 5.74) is 7.98. The molecule has 0 amide bonds. The molecule has 1 rings (SSSR count). The van der Waals surface area contributed by atoms with Gasteiger partial charge in [-0.05, 0) is 17.8 Å². The third-order valence-corrected chi connectivity index (χ3v) is 1.39. The first-order valence-corrected chi connectivity index (χ1v) is 3.95. The Balaban J connectivity index is 0. The third-order valence-electron chi connectivity index (χ3n) is 1.30. The van der Waals surface area contributed by atoms with Crippen LogP contribution in [0.25, 0.3) is 0 Å². The summed E-state index contributed by atoms with van der Waals surface area (Å²) in [6.07, 6.45) is 1.38. The van der Waals surface area contributed by atoms with E-state index in [1.54, 1.807) is 18.2 Å². The first-order valence-electron chi connectivity index (χ1n) is 3.54. The zero-order valence-electron chi connectivity index (χ0n) is 7.75. The molecular weight excluding hydrogens is 259 g/mol. The Labute approximate surface area is 103 Å². The van der Waals surface area contributed by atoms with Gasteiger partial charge in [-0.2, -0.15) is 5.10 Å². The molecule has 5 nitrogen and oxygen atoms in total. The van der Waals surface area contributed by atoms with E-state index >= 15 is 0 Å². The fourth-order valence-electron chi connectivity index (χ4n) is 0.753. The number of hydrogen-bond acceptors (Lipinski definition) is 4. The van der Waals surface area contributed by atoms with Gasteiger partial charge in [-0.1, -0.05) is 30.0 Å². The van der Waals surface area contributed by atoms with Gasteiger partial charge in [-0.15, -0.1) is 0 Å². The van der Waals surface area contributed by atoms with Gasteiger partial charge in [0.2, 0.25) is 0 Å². The Morgan fingerprint density at radius 3 is 2.60 bits per heavy atom. The maximum Gasteiger partial charge on any atom is 2.00 e. The van der Waals surface area contributed by atoms with Gasteiger partial charge in [0.25, 0.3) is 0 Å². The molecule has 0 fully saturated rings. The van der Waals surface area contributed by atoms with Crippen molar-refractivity contribution in [1.82, 2.24) is 11.6 Å². The maximum absolute atomic E-state index is 11.1. The van der Waals surface area contributed by atoms with Crippen LogP contribution in [-0.4, -0.2) is 11.3 Å². The predicted octanol–water partition coefficient (Wildman–Crippen LogP) is 0.0868. The number of nitrogens with one attached hydrogen (secondary N) is 1. The van der Waals surface area contributed by atoms with E-state index in [0.717, 1.165) is 0 Å². The molecule has 0 unspecified atom stereocenters. The van der Waals surface area contributed by atoms with Crippen molar-refractivity contribution in [3.63, 3.8) is 0 Å². The number of benzene rings is 1. The molecule has 0 saturated carbocycles. The summed E-state index contributed by atoms with van der Waals surface area (Å²) in [4.78, 5) is 0. The summed E-state index contributed by atoms with van der Waals surface area (Å²) >= 11 is 4.52. The SMILES string of the molecule is N.NC(=S)N/N=C/c1ccccc1[O-].[Ni+2]. The second-order valence-corrected chi connectivity index (χ2v) is 2.71. The number of nitrogens with two attached hydrogens (primary N) is 1. The predicted molar refractivity (Wildman–Crippen MR) is 58.4 cm³/mol. The Morgan fingerprint density at radius 2 is 2.07 bits per heavy atom. The molecule has 1 aromatic carbocycles. The Bertz CT molecular complexity index is 345. The molecule has 0 heterocycles. The van der Waals surface area contributed by atoms with E-state index in [9.17, 15) is 5.11 Å². The first kappa shape index (κ1) is 16.3. The summed E-state index contributed by atoms with van der Waals surface area (Å²) < 4.78 is 0. The Kier molecular flexibility index (Phi) is 8.86. The summed E-state index contributed by atoms with van der Waals surface area (Å²) in [6, 6.07) is 6.54. The van der Waals surface area contributed by atoms with Gasteiger partial charge in [-0.3, -0.25) is 5.43 Å². The smallest absolute Gasteiger partial charge is 0.872 e. The van der Waals surface area contributed by atoms with E-state index in [1.165, 1.54) is 12.3 Å². The van der Waals surface area contributed by atoms with Crippen molar-refractivity contribution in [2.75, 3.05) is 0 Å². The van der Waals surface area contributed by atoms with Crippen molar-refractivity contribution < 1.29 is 21.6 Å². The summed E-state index contributed by atoms with van der Waals surface area (Å²) in [6.45, 7) is 0. The molecule has 1 aromatic rings. The average molecular weight is 270 g/mol. The van der Waals surface area contributed by atoms with Gasteiger partial charge in [0.1, 0.15) is 0 Å². The minimum Gasteiger partial charge on any atom is -0.872 e. The van der Waals surface area contributed by atoms with Crippen LogP contribution in [0.15, 0.2) is 29.4 Å². The van der Waals surface area contributed by atoms with E-state index in [2.05, 4.69) is 22.7 Å². The van der Waals surface area contributed by atoms with Crippen molar-refractivity contribution in [3.05, 3.63) is 29.8 Å². The molecule has 84 valence electrons. The van der Waals surface area contributed by atoms with Crippen LogP contribution in [0.5, 0.6) is 5.75 Å². The van der Waals surface area contributed by atoms with Crippen molar-refractivity contribution in [3.8, 4) is 5.75 Å². The zero-order valence-corrected chi connectivity index (χ0v) is 9.56. The molecule has 0 bridgehead atoms. The number of rotatable bonds is 2. The minimum absolute atomic E-state index is 0. The van der Waals surface area contributed by atoms with Crippen LogP contribution in [0.3, 0.4) is 0 Å². The second kappa shape index (κ2) is 8.17. The fourth-order valence-corrected chi connectivity index (χ4v) is 0.805. The number of para-hydroxylation sites is 1. The quantitative estimate of drug-likeness (QED) is 0.305. The average Bonchev–Trinajstić information content (AvgIpc) is 2.08. The monoisotopic (exact) mass is 269 g/mol. The normalized spacial score (nSPS) is 8.80. The Morgan fingerprint density at radius 1 is 1.47 bits per heavy atom. The number of hydrogen-bond donors (Lipinski definition) is 3. The second-order valence-electron chi connectivity index (χ2n) is 2.27. The van der Waals surface area contributed by atoms with Gasteiger partial charge >= 0.3 is 16.5 Å². The Hall–Kier alpha value is -1.17. The van der Waals surface area contributed by atoms with E-state index in [1.807, 2.05) is 0 Å². The van der Waals surface area contributed by atoms with Crippen LogP contribution in [-0.2, 0) is 16.5 Å². The first-order chi connectivity index (χ1) is 6.20. The molecular formula is C8H11N4NiOS+. The number of nitrogens with zero attached hydrogens (tertiary/aromatic N) is 1. The molecule has 0 aliphatic rings. The molecule has 0 aliphatic heterocycles. The summed E-state index contributed by atoms with van der Waals surface area (Å²) in [5, 5.41) is 14.8. The van der Waals surface area contributed by atoms with Crippen molar-refractivity contribution in [2.24, 2.45) is 10.8 Å². The van der Waals surface area contributed by atoms with Crippen LogP contribution in [0.1, 0.15) is 5.56 Å². The topological polar surface area (TPSA) is 108 Å². The van der Waals surface area contributed by atoms with E-state index < -0.39 is 0 Å². The van der Waals surface area contributed by atoms with Crippen LogP contribution in [0.2, 0.25) is 0 Å². The molecule has 0 aromatic heterocycles. The van der Waals surface area contributed by atoms with E-state index in [4.69, 9.17) is 5.73 Å². The molecule has 0 saturated heterocycles. The van der Waals surface area contributed by atoms with Crippen LogP contribution in [0, 0.1) is 0 Å². The van der Waals surface area contributed by atoms with Crippen molar-refractivity contribution in [1.29, 1.82) is 0 Å². The molecule has 15 heavy (non-hydrogen) atoms. The van der Waals surface area contributed by atoms with Crippen molar-refractivity contribution >= 4 is 23.5 Å². The van der Waals surface area contributed by atoms with E-state index in [-0.39, 0.29) is 33.5 Å². The number of hydrazone groups is 1. The fraction of sp³-hybridized carbons (Fsp3) is 0. The largest absolute Gasteiger partial charge is 2.00 e. The van der Waals surface area contributed by atoms with Crippen LogP contribution in [0.4, 0.5) is 0 Å². The zero-order chi connectivity index (χ0) is 9.68. The van der Waals surface area contributed by atoms with Crippen molar-refractivity contribution in [2.45, 2.75) is 0 Å². The standard InChI is InChI=1S/C8H9N3OS.H3N.Ni/c9-8(13)11-10-5-6-3-1-2-4-7(6)12;;/h1-5,12H,(H3,9,11,13);1H3;/q;;+2/p-1/b10-5+;;. The molecule has 6 N–H and O–H groups in total. The molecule has 0 aliphatic carbocycles. The van der Waals surface area contributed by atoms with Gasteiger partial charge < -0.3 is 17.0 Å². The maximum atomic E-state index is 11.1. The molecule has 0 spiro atoms. The summed E-state index contributed by atoms with van der Waals surface area (Å²) in [7, 11) is 0. The number of thiocarbonyl (C=S) groups is 1. The van der Waals surface area contributed by atoms with Crippen LogP contribution < -0.4 is 22.4 Å².